The van der Waals surface area contributed by atoms with Gasteiger partial charge in [-0.3, -0.25) is 0 Å². The number of hydrogen-bond acceptors (Lipinski definition) is 5. The molecule has 15 heavy (non-hydrogen) atoms. The molecular formula is C8H6N4O2S. The number of benzene rings is 1. The molecule has 0 saturated carbocycles. The van der Waals surface area contributed by atoms with Crippen LogP contribution in [0.15, 0.2) is 35.5 Å². The summed E-state index contributed by atoms with van der Waals surface area (Å²) < 4.78 is 24.8. The van der Waals surface area contributed by atoms with Gasteiger partial charge in [0.05, 0.1) is 5.69 Å². The van der Waals surface area contributed by atoms with E-state index in [1.54, 1.807) is 18.2 Å². The number of para-hydroxylation sites is 1. The van der Waals surface area contributed by atoms with Crippen LogP contribution < -0.4 is 5.32 Å². The van der Waals surface area contributed by atoms with Gasteiger partial charge in [-0.15, -0.1) is 9.19 Å². The SMILES string of the molecule is O=S1(=O)c2ccccc2Nc2ncnn21. The first kappa shape index (κ1) is 8.42. The Balaban J connectivity index is 2.39. The Kier molecular flexibility index (Phi) is 1.44. The predicted octanol–water partition coefficient (Wildman–Crippen LogP) is 0.572. The van der Waals surface area contributed by atoms with E-state index in [0.717, 1.165) is 4.09 Å². The number of fused-ring (bicyclic) bond motifs is 2. The maximum Gasteiger partial charge on any atom is 0.288 e. The second-order valence-corrected chi connectivity index (χ2v) is 4.79. The maximum atomic E-state index is 12.0. The van der Waals surface area contributed by atoms with Gasteiger partial charge in [0.1, 0.15) is 11.2 Å². The molecule has 1 aliphatic heterocycles. The van der Waals surface area contributed by atoms with Gasteiger partial charge in [0, 0.05) is 0 Å². The number of nitrogens with one attached hydrogen (secondary N) is 1. The zero-order chi connectivity index (χ0) is 10.5. The van der Waals surface area contributed by atoms with Crippen LogP contribution in [0.2, 0.25) is 0 Å². The van der Waals surface area contributed by atoms with E-state index < -0.39 is 10.0 Å². The molecule has 6 nitrogen and oxygen atoms in total. The van der Waals surface area contributed by atoms with Gasteiger partial charge >= 0.3 is 0 Å². The van der Waals surface area contributed by atoms with Gasteiger partial charge in [-0.1, -0.05) is 12.1 Å². The second kappa shape index (κ2) is 2.57. The monoisotopic (exact) mass is 222 g/mol. The van der Waals surface area contributed by atoms with Gasteiger partial charge in [-0.05, 0) is 12.1 Å². The molecule has 2 heterocycles. The van der Waals surface area contributed by atoms with Crippen LogP contribution in [0, 0.1) is 0 Å². The molecule has 0 fully saturated rings. The summed E-state index contributed by atoms with van der Waals surface area (Å²) in [6.45, 7) is 0. The summed E-state index contributed by atoms with van der Waals surface area (Å²) in [5.41, 5.74) is 0.526. The minimum absolute atomic E-state index is 0.211. The largest absolute Gasteiger partial charge is 0.322 e. The number of aromatic nitrogens is 3. The first-order valence-corrected chi connectivity index (χ1v) is 5.65. The highest BCUT2D eigenvalue weighted by molar-refractivity contribution is 7.90. The van der Waals surface area contributed by atoms with Crippen molar-refractivity contribution in [1.29, 1.82) is 0 Å². The minimum Gasteiger partial charge on any atom is -0.322 e. The molecule has 2 aromatic rings. The molecule has 0 spiro atoms. The number of nitrogens with zero attached hydrogens (tertiary/aromatic N) is 3. The van der Waals surface area contributed by atoms with Crippen LogP contribution >= 0.6 is 0 Å². The average molecular weight is 222 g/mol. The molecule has 1 aromatic carbocycles. The average Bonchev–Trinajstić information content (AvgIpc) is 2.67. The zero-order valence-corrected chi connectivity index (χ0v) is 8.27. The molecule has 1 aromatic heterocycles. The summed E-state index contributed by atoms with van der Waals surface area (Å²) in [5, 5.41) is 6.55. The van der Waals surface area contributed by atoms with E-state index in [-0.39, 0.29) is 10.8 Å². The molecule has 0 amide bonds. The fourth-order valence-corrected chi connectivity index (χ4v) is 2.82. The van der Waals surface area contributed by atoms with E-state index in [9.17, 15) is 8.42 Å². The van der Waals surface area contributed by atoms with E-state index >= 15 is 0 Å². The van der Waals surface area contributed by atoms with E-state index in [0.29, 0.717) is 5.69 Å². The molecule has 0 aliphatic carbocycles. The molecule has 1 N–H and O–H groups in total. The molecule has 0 atom stereocenters. The third-order valence-corrected chi connectivity index (χ3v) is 3.79. The fraction of sp³-hybridized carbons (Fsp3) is 0. The molecular weight excluding hydrogens is 216 g/mol. The van der Waals surface area contributed by atoms with E-state index in [4.69, 9.17) is 0 Å². The van der Waals surface area contributed by atoms with Crippen molar-refractivity contribution in [2.45, 2.75) is 4.90 Å². The van der Waals surface area contributed by atoms with Crippen LogP contribution in [-0.4, -0.2) is 22.6 Å². The van der Waals surface area contributed by atoms with Crippen molar-refractivity contribution in [3.63, 3.8) is 0 Å². The molecule has 0 saturated heterocycles. The van der Waals surface area contributed by atoms with Gasteiger partial charge in [0.25, 0.3) is 10.0 Å². The van der Waals surface area contributed by atoms with Crippen LogP contribution in [0.4, 0.5) is 11.6 Å². The lowest BCUT2D eigenvalue weighted by Crippen LogP contribution is -2.22. The molecule has 0 radical (unpaired) electrons. The Bertz CT molecular complexity index is 632. The Morgan fingerprint density at radius 1 is 1.27 bits per heavy atom. The molecule has 7 heteroatoms. The predicted molar refractivity (Wildman–Crippen MR) is 52.3 cm³/mol. The van der Waals surface area contributed by atoms with E-state index in [1.807, 2.05) is 0 Å². The number of rotatable bonds is 0. The standard InChI is InChI=1S/C8H6N4O2S/c13-15(14)7-4-2-1-3-6(7)11-8-9-5-10-12(8)15/h1-5H,(H,9,10,11). The highest BCUT2D eigenvalue weighted by Crippen LogP contribution is 2.30. The Morgan fingerprint density at radius 3 is 2.93 bits per heavy atom. The van der Waals surface area contributed by atoms with Crippen LogP contribution in [0.3, 0.4) is 0 Å². The summed E-state index contributed by atoms with van der Waals surface area (Å²) in [6.07, 6.45) is 1.20. The van der Waals surface area contributed by atoms with Crippen LogP contribution in [-0.2, 0) is 10.0 Å². The normalized spacial score (nSPS) is 16.3. The highest BCUT2D eigenvalue weighted by Gasteiger charge is 2.29. The minimum atomic E-state index is -3.58. The van der Waals surface area contributed by atoms with Crippen molar-refractivity contribution in [3.05, 3.63) is 30.6 Å². The summed E-state index contributed by atoms with van der Waals surface area (Å²) in [5.74, 6) is 0.216. The van der Waals surface area contributed by atoms with E-state index in [1.165, 1.54) is 12.4 Å². The molecule has 0 bridgehead atoms. The van der Waals surface area contributed by atoms with Gasteiger partial charge in [0.15, 0.2) is 0 Å². The van der Waals surface area contributed by atoms with Crippen molar-refractivity contribution in [3.8, 4) is 0 Å². The number of anilines is 2. The molecule has 76 valence electrons. The summed E-state index contributed by atoms with van der Waals surface area (Å²) in [7, 11) is -3.58. The Hall–Kier alpha value is -1.89. The summed E-state index contributed by atoms with van der Waals surface area (Å²) in [6, 6.07) is 6.64. The topological polar surface area (TPSA) is 76.9 Å². The Morgan fingerprint density at radius 2 is 2.07 bits per heavy atom. The highest BCUT2D eigenvalue weighted by atomic mass is 32.2. The molecule has 1 aliphatic rings. The maximum absolute atomic E-state index is 12.0. The van der Waals surface area contributed by atoms with Gasteiger partial charge in [-0.2, -0.15) is 13.4 Å². The lowest BCUT2D eigenvalue weighted by molar-refractivity contribution is 0.579. The van der Waals surface area contributed by atoms with Crippen LogP contribution in [0.1, 0.15) is 0 Å². The fourth-order valence-electron chi connectivity index (χ4n) is 1.50. The number of hydrogen-bond donors (Lipinski definition) is 1. The third-order valence-electron chi connectivity index (χ3n) is 2.16. The quantitative estimate of drug-likeness (QED) is 0.601. The van der Waals surface area contributed by atoms with Crippen LogP contribution in [0.25, 0.3) is 0 Å². The van der Waals surface area contributed by atoms with Crippen LogP contribution in [0.5, 0.6) is 0 Å². The Labute approximate surface area is 85.6 Å². The first-order valence-electron chi connectivity index (χ1n) is 4.21. The lowest BCUT2D eigenvalue weighted by Gasteiger charge is -2.17. The molecule has 0 unspecified atom stereocenters. The lowest BCUT2D eigenvalue weighted by atomic mass is 10.3. The van der Waals surface area contributed by atoms with Crippen molar-refractivity contribution in [2.24, 2.45) is 0 Å². The first-order chi connectivity index (χ1) is 7.19. The van der Waals surface area contributed by atoms with Crippen molar-refractivity contribution in [2.75, 3.05) is 5.32 Å². The summed E-state index contributed by atoms with van der Waals surface area (Å²) >= 11 is 0. The zero-order valence-electron chi connectivity index (χ0n) is 7.45. The van der Waals surface area contributed by atoms with Gasteiger partial charge in [0.2, 0.25) is 5.95 Å². The van der Waals surface area contributed by atoms with Crippen molar-refractivity contribution < 1.29 is 8.42 Å². The van der Waals surface area contributed by atoms with Gasteiger partial charge in [-0.25, -0.2) is 0 Å². The third kappa shape index (κ3) is 1.00. The van der Waals surface area contributed by atoms with Gasteiger partial charge < -0.3 is 5.32 Å². The van der Waals surface area contributed by atoms with E-state index in [2.05, 4.69) is 15.4 Å². The summed E-state index contributed by atoms with van der Waals surface area (Å²) in [4.78, 5) is 4.02. The second-order valence-electron chi connectivity index (χ2n) is 3.05. The van der Waals surface area contributed by atoms with Crippen molar-refractivity contribution in [1.82, 2.24) is 14.2 Å². The smallest absolute Gasteiger partial charge is 0.288 e. The van der Waals surface area contributed by atoms with Crippen molar-refractivity contribution >= 4 is 21.7 Å². The molecule has 3 rings (SSSR count).